The summed E-state index contributed by atoms with van der Waals surface area (Å²) in [7, 11) is 0. The van der Waals surface area contributed by atoms with E-state index in [0.717, 1.165) is 0 Å². The summed E-state index contributed by atoms with van der Waals surface area (Å²) in [6, 6.07) is 0. The lowest BCUT2D eigenvalue weighted by Gasteiger charge is -2.23. The highest BCUT2D eigenvalue weighted by molar-refractivity contribution is 5.58. The molecule has 0 aliphatic heterocycles. The summed E-state index contributed by atoms with van der Waals surface area (Å²) >= 11 is 0. The quantitative estimate of drug-likeness (QED) is 0.891. The number of nitrogens with zero attached hydrogens (tertiary/aromatic N) is 4. The lowest BCUT2D eigenvalue weighted by molar-refractivity contribution is -0.146. The van der Waals surface area contributed by atoms with Gasteiger partial charge in [0.05, 0.1) is 6.10 Å². The van der Waals surface area contributed by atoms with Crippen LogP contribution < -0.4 is 5.32 Å². The van der Waals surface area contributed by atoms with E-state index in [-0.39, 0.29) is 23.4 Å². The van der Waals surface area contributed by atoms with Crippen molar-refractivity contribution in [3.63, 3.8) is 0 Å². The van der Waals surface area contributed by atoms with Crippen LogP contribution in [0.15, 0.2) is 0 Å². The van der Waals surface area contributed by atoms with Gasteiger partial charge in [-0.15, -0.1) is 15.3 Å². The smallest absolute Gasteiger partial charge is 0.391 e. The second kappa shape index (κ2) is 6.19. The largest absolute Gasteiger partial charge is 0.453 e. The van der Waals surface area contributed by atoms with E-state index >= 15 is 0 Å². The van der Waals surface area contributed by atoms with E-state index in [4.69, 9.17) is 0 Å². The average molecular weight is 345 g/mol. The van der Waals surface area contributed by atoms with Crippen molar-refractivity contribution < 1.29 is 18.3 Å². The Morgan fingerprint density at radius 2 is 1.75 bits per heavy atom. The number of alkyl halides is 3. The third-order valence-corrected chi connectivity index (χ3v) is 3.70. The van der Waals surface area contributed by atoms with Gasteiger partial charge in [0.25, 0.3) is 5.82 Å². The molecule has 2 heterocycles. The summed E-state index contributed by atoms with van der Waals surface area (Å²) in [6.07, 6.45) is -4.72. The number of aryl methyl sites for hydroxylation is 1. The molecular formula is C15H22F3N5O. The first-order valence-electron chi connectivity index (χ1n) is 7.62. The molecule has 2 aromatic heterocycles. The van der Waals surface area contributed by atoms with Crippen LogP contribution in [0.1, 0.15) is 44.1 Å². The molecule has 9 heteroatoms. The van der Waals surface area contributed by atoms with Crippen molar-refractivity contribution in [1.82, 2.24) is 19.8 Å². The molecule has 2 rings (SSSR count). The Balaban J connectivity index is 2.32. The maximum absolute atomic E-state index is 13.0. The minimum Gasteiger partial charge on any atom is -0.391 e. The summed E-state index contributed by atoms with van der Waals surface area (Å²) in [5.41, 5.74) is 1.24. The Hall–Kier alpha value is -1.90. The van der Waals surface area contributed by atoms with Gasteiger partial charge in [-0.25, -0.2) is 0 Å². The Morgan fingerprint density at radius 3 is 2.29 bits per heavy atom. The monoisotopic (exact) mass is 345 g/mol. The Kier molecular flexibility index (Phi) is 4.76. The molecule has 0 radical (unpaired) electrons. The van der Waals surface area contributed by atoms with Gasteiger partial charge in [-0.3, -0.25) is 0 Å². The van der Waals surface area contributed by atoms with E-state index in [9.17, 15) is 18.3 Å². The molecule has 6 nitrogen and oxygen atoms in total. The molecule has 0 saturated carbocycles. The molecule has 0 aliphatic rings. The molecule has 0 aliphatic carbocycles. The van der Waals surface area contributed by atoms with Gasteiger partial charge in [-0.2, -0.15) is 17.7 Å². The van der Waals surface area contributed by atoms with E-state index in [0.29, 0.717) is 22.1 Å². The maximum atomic E-state index is 13.0. The van der Waals surface area contributed by atoms with E-state index in [2.05, 4.69) is 20.6 Å². The predicted octanol–water partition coefficient (Wildman–Crippen LogP) is 2.97. The Labute approximate surface area is 138 Å². The third kappa shape index (κ3) is 3.95. The van der Waals surface area contributed by atoms with Gasteiger partial charge in [0.2, 0.25) is 0 Å². The van der Waals surface area contributed by atoms with Crippen molar-refractivity contribution >= 4 is 11.5 Å². The molecule has 2 N–H and O–H groups in total. The average Bonchev–Trinajstić information content (AvgIpc) is 2.83. The minimum atomic E-state index is -4.64. The minimum absolute atomic E-state index is 0.0544. The fourth-order valence-corrected chi connectivity index (χ4v) is 2.47. The van der Waals surface area contributed by atoms with Gasteiger partial charge in [0.15, 0.2) is 5.65 Å². The summed E-state index contributed by atoms with van der Waals surface area (Å²) in [5, 5.41) is 23.8. The van der Waals surface area contributed by atoms with E-state index in [1.165, 1.54) is 0 Å². The van der Waals surface area contributed by atoms with E-state index < -0.39 is 18.1 Å². The molecule has 1 atom stereocenters. The normalized spacial score (nSPS) is 14.2. The van der Waals surface area contributed by atoms with Gasteiger partial charge < -0.3 is 10.4 Å². The molecule has 134 valence electrons. The number of fused-ring (bicyclic) bond motifs is 1. The van der Waals surface area contributed by atoms with Crippen LogP contribution in [0, 0.1) is 19.3 Å². The van der Waals surface area contributed by atoms with Crippen LogP contribution >= 0.6 is 0 Å². The molecule has 0 spiro atoms. The van der Waals surface area contributed by atoms with E-state index in [1.807, 2.05) is 20.8 Å². The van der Waals surface area contributed by atoms with Crippen LogP contribution in [-0.4, -0.2) is 37.6 Å². The number of aromatic nitrogens is 4. The van der Waals surface area contributed by atoms with Crippen molar-refractivity contribution in [2.75, 3.05) is 11.9 Å². The highest BCUT2D eigenvalue weighted by Gasteiger charge is 2.38. The first-order chi connectivity index (χ1) is 10.9. The molecule has 0 amide bonds. The first-order valence-corrected chi connectivity index (χ1v) is 7.62. The molecule has 24 heavy (non-hydrogen) atoms. The second-order valence-electron chi connectivity index (χ2n) is 7.15. The lowest BCUT2D eigenvalue weighted by Crippen LogP contribution is -2.26. The van der Waals surface area contributed by atoms with Crippen LogP contribution in [0.4, 0.5) is 19.0 Å². The fourth-order valence-electron chi connectivity index (χ4n) is 2.47. The van der Waals surface area contributed by atoms with Gasteiger partial charge in [0.1, 0.15) is 5.82 Å². The molecule has 0 aromatic carbocycles. The third-order valence-electron chi connectivity index (χ3n) is 3.70. The fraction of sp³-hybridized carbons (Fsp3) is 0.667. The SMILES string of the molecule is Cc1c(NCC(O)CC(C)(C)C)nn2c(C(F)(F)F)nnc2c1C. The van der Waals surface area contributed by atoms with Crippen LogP contribution in [-0.2, 0) is 6.18 Å². The Bertz CT molecular complexity index is 733. The zero-order chi connectivity index (χ0) is 18.3. The van der Waals surface area contributed by atoms with Crippen LogP contribution in [0.5, 0.6) is 0 Å². The van der Waals surface area contributed by atoms with Crippen LogP contribution in [0.2, 0.25) is 0 Å². The number of rotatable bonds is 4. The standard InChI is InChI=1S/C15H22F3N5O/c1-8-9(2)12-20-21-13(15(16,17)18)23(12)22-11(8)19-7-10(24)6-14(3,4)5/h10,24H,6-7H2,1-5H3,(H,19,22). The molecule has 0 bridgehead atoms. The number of halogens is 3. The summed E-state index contributed by atoms with van der Waals surface area (Å²) in [5.74, 6) is -0.892. The van der Waals surface area contributed by atoms with Crippen molar-refractivity contribution in [1.29, 1.82) is 0 Å². The van der Waals surface area contributed by atoms with Gasteiger partial charge in [-0.05, 0) is 31.2 Å². The number of aliphatic hydroxyl groups excluding tert-OH is 1. The van der Waals surface area contributed by atoms with Gasteiger partial charge >= 0.3 is 6.18 Å². The van der Waals surface area contributed by atoms with Crippen molar-refractivity contribution in [2.24, 2.45) is 5.41 Å². The van der Waals surface area contributed by atoms with Gasteiger partial charge in [0, 0.05) is 12.1 Å². The summed E-state index contributed by atoms with van der Waals surface area (Å²) in [4.78, 5) is 0. The van der Waals surface area contributed by atoms with Crippen molar-refractivity contribution in [2.45, 2.75) is 53.3 Å². The highest BCUT2D eigenvalue weighted by Crippen LogP contribution is 2.29. The summed E-state index contributed by atoms with van der Waals surface area (Å²) in [6.45, 7) is 9.61. The number of hydrogen-bond donors (Lipinski definition) is 2. The topological polar surface area (TPSA) is 75.3 Å². The second-order valence-corrected chi connectivity index (χ2v) is 7.15. The summed E-state index contributed by atoms with van der Waals surface area (Å²) < 4.78 is 39.7. The molecular weight excluding hydrogens is 323 g/mol. The van der Waals surface area contributed by atoms with Crippen molar-refractivity contribution in [3.05, 3.63) is 17.0 Å². The molecule has 2 aromatic rings. The van der Waals surface area contributed by atoms with Crippen molar-refractivity contribution in [3.8, 4) is 0 Å². The lowest BCUT2D eigenvalue weighted by atomic mass is 9.89. The molecule has 1 unspecified atom stereocenters. The first kappa shape index (κ1) is 18.4. The predicted molar refractivity (Wildman–Crippen MR) is 83.8 cm³/mol. The van der Waals surface area contributed by atoms with E-state index in [1.54, 1.807) is 13.8 Å². The van der Waals surface area contributed by atoms with Crippen LogP contribution in [0.25, 0.3) is 5.65 Å². The molecule has 0 fully saturated rings. The number of aliphatic hydroxyl groups is 1. The Morgan fingerprint density at radius 1 is 1.12 bits per heavy atom. The highest BCUT2D eigenvalue weighted by atomic mass is 19.4. The van der Waals surface area contributed by atoms with Gasteiger partial charge in [-0.1, -0.05) is 20.8 Å². The zero-order valence-electron chi connectivity index (χ0n) is 14.4. The number of nitrogens with one attached hydrogen (secondary N) is 1. The number of anilines is 1. The number of hydrogen-bond acceptors (Lipinski definition) is 5. The van der Waals surface area contributed by atoms with Crippen LogP contribution in [0.3, 0.4) is 0 Å². The maximum Gasteiger partial charge on any atom is 0.453 e. The molecule has 0 saturated heterocycles. The zero-order valence-corrected chi connectivity index (χ0v) is 14.4.